The monoisotopic (exact) mass is 322 g/mol. The lowest BCUT2D eigenvalue weighted by atomic mass is 10.2. The van der Waals surface area contributed by atoms with Crippen LogP contribution >= 0.6 is 34.5 Å². The lowest BCUT2D eigenvalue weighted by Crippen LogP contribution is -2.07. The third-order valence-corrected chi connectivity index (χ3v) is 4.73. The zero-order chi connectivity index (χ0) is 14.1. The van der Waals surface area contributed by atoms with Gasteiger partial charge < -0.3 is 4.74 Å². The molecule has 0 aliphatic rings. The van der Waals surface area contributed by atoms with Gasteiger partial charge in [0.1, 0.15) is 10.6 Å². The molecule has 20 heavy (non-hydrogen) atoms. The van der Waals surface area contributed by atoms with Crippen LogP contribution in [0.2, 0.25) is 10.0 Å². The summed E-state index contributed by atoms with van der Waals surface area (Å²) in [6, 6.07) is 14.4. The normalized spacial score (nSPS) is 10.7. The summed E-state index contributed by atoms with van der Waals surface area (Å²) in [6.07, 6.45) is 0. The van der Waals surface area contributed by atoms with Crippen molar-refractivity contribution in [3.8, 4) is 5.75 Å². The number of hydrogen-bond donors (Lipinski definition) is 0. The Hall–Kier alpha value is -1.55. The molecule has 3 rings (SSSR count). The largest absolute Gasteiger partial charge is 0.421 e. The first kappa shape index (κ1) is 13.4. The molecule has 0 saturated carbocycles. The zero-order valence-corrected chi connectivity index (χ0v) is 12.4. The highest BCUT2D eigenvalue weighted by atomic mass is 35.5. The SMILES string of the molecule is O=C(Oc1ccccc1Cl)c1sc2ccccc2c1Cl. The second kappa shape index (κ2) is 5.44. The molecule has 0 radical (unpaired) electrons. The summed E-state index contributed by atoms with van der Waals surface area (Å²) in [6.45, 7) is 0. The van der Waals surface area contributed by atoms with Crippen molar-refractivity contribution in [2.75, 3.05) is 0 Å². The number of carbonyl (C=O) groups is 1. The van der Waals surface area contributed by atoms with Gasteiger partial charge in [0.05, 0.1) is 10.0 Å². The number of hydrogen-bond acceptors (Lipinski definition) is 3. The molecule has 0 fully saturated rings. The predicted octanol–water partition coefficient (Wildman–Crippen LogP) is 5.43. The van der Waals surface area contributed by atoms with Gasteiger partial charge in [0, 0.05) is 10.1 Å². The van der Waals surface area contributed by atoms with E-state index in [1.807, 2.05) is 24.3 Å². The molecule has 0 spiro atoms. The molecule has 0 amide bonds. The molecule has 0 atom stereocenters. The molecule has 0 bridgehead atoms. The summed E-state index contributed by atoms with van der Waals surface area (Å²) in [5, 5.41) is 1.66. The molecule has 0 saturated heterocycles. The van der Waals surface area contributed by atoms with Gasteiger partial charge in [-0.15, -0.1) is 11.3 Å². The average molecular weight is 323 g/mol. The van der Waals surface area contributed by atoms with Gasteiger partial charge in [-0.2, -0.15) is 0 Å². The second-order valence-corrected chi connectivity index (χ2v) is 5.90. The number of ether oxygens (including phenoxy) is 1. The molecule has 100 valence electrons. The van der Waals surface area contributed by atoms with Crippen molar-refractivity contribution < 1.29 is 9.53 Å². The van der Waals surface area contributed by atoms with Crippen molar-refractivity contribution in [1.82, 2.24) is 0 Å². The van der Waals surface area contributed by atoms with E-state index < -0.39 is 5.97 Å². The Morgan fingerprint density at radius 1 is 1.00 bits per heavy atom. The Balaban J connectivity index is 1.97. The van der Waals surface area contributed by atoms with E-state index in [-0.39, 0.29) is 0 Å². The minimum absolute atomic E-state index is 0.327. The maximum atomic E-state index is 12.2. The minimum Gasteiger partial charge on any atom is -0.421 e. The molecular formula is C15H8Cl2O2S. The topological polar surface area (TPSA) is 26.3 Å². The highest BCUT2D eigenvalue weighted by molar-refractivity contribution is 7.21. The first-order valence-corrected chi connectivity index (χ1v) is 7.38. The third kappa shape index (κ3) is 2.40. The fourth-order valence-corrected chi connectivity index (χ4v) is 3.38. The van der Waals surface area contributed by atoms with Crippen LogP contribution in [0.25, 0.3) is 10.1 Å². The van der Waals surface area contributed by atoms with Crippen LogP contribution in [0.5, 0.6) is 5.75 Å². The van der Waals surface area contributed by atoms with Crippen molar-refractivity contribution in [3.63, 3.8) is 0 Å². The van der Waals surface area contributed by atoms with E-state index in [0.29, 0.717) is 20.7 Å². The third-order valence-electron chi connectivity index (χ3n) is 2.76. The summed E-state index contributed by atoms with van der Waals surface area (Å²) in [4.78, 5) is 12.6. The van der Waals surface area contributed by atoms with E-state index in [1.54, 1.807) is 24.3 Å². The van der Waals surface area contributed by atoms with Gasteiger partial charge in [0.25, 0.3) is 0 Å². The molecule has 0 unspecified atom stereocenters. The maximum Gasteiger partial charge on any atom is 0.355 e. The quantitative estimate of drug-likeness (QED) is 0.464. The number of esters is 1. The number of rotatable bonds is 2. The smallest absolute Gasteiger partial charge is 0.355 e. The van der Waals surface area contributed by atoms with Crippen molar-refractivity contribution in [3.05, 3.63) is 63.5 Å². The zero-order valence-electron chi connectivity index (χ0n) is 10.1. The Labute approximate surface area is 129 Å². The summed E-state index contributed by atoms with van der Waals surface area (Å²) in [5.74, 6) is -0.169. The first-order chi connectivity index (χ1) is 9.66. The highest BCUT2D eigenvalue weighted by Gasteiger charge is 2.19. The fraction of sp³-hybridized carbons (Fsp3) is 0. The fourth-order valence-electron chi connectivity index (χ4n) is 1.82. The van der Waals surface area contributed by atoms with Crippen molar-refractivity contribution in [2.24, 2.45) is 0 Å². The highest BCUT2D eigenvalue weighted by Crippen LogP contribution is 2.36. The van der Waals surface area contributed by atoms with Crippen LogP contribution in [0.1, 0.15) is 9.67 Å². The lowest BCUT2D eigenvalue weighted by Gasteiger charge is -2.04. The number of benzene rings is 2. The van der Waals surface area contributed by atoms with Crippen LogP contribution in [0.4, 0.5) is 0 Å². The van der Waals surface area contributed by atoms with Crippen molar-refractivity contribution in [2.45, 2.75) is 0 Å². The first-order valence-electron chi connectivity index (χ1n) is 5.80. The van der Waals surface area contributed by atoms with Gasteiger partial charge in [0.2, 0.25) is 0 Å². The predicted molar refractivity (Wildman–Crippen MR) is 83.2 cm³/mol. The number of carbonyl (C=O) groups excluding carboxylic acids is 1. The van der Waals surface area contributed by atoms with Gasteiger partial charge in [0.15, 0.2) is 0 Å². The van der Waals surface area contributed by atoms with E-state index in [2.05, 4.69) is 0 Å². The van der Waals surface area contributed by atoms with Gasteiger partial charge in [-0.3, -0.25) is 0 Å². The maximum absolute atomic E-state index is 12.2. The second-order valence-electron chi connectivity index (χ2n) is 4.06. The van der Waals surface area contributed by atoms with Gasteiger partial charge in [-0.1, -0.05) is 53.5 Å². The average Bonchev–Trinajstić information content (AvgIpc) is 2.79. The van der Waals surface area contributed by atoms with E-state index >= 15 is 0 Å². The van der Waals surface area contributed by atoms with Crippen LogP contribution in [-0.4, -0.2) is 5.97 Å². The van der Waals surface area contributed by atoms with E-state index in [1.165, 1.54) is 11.3 Å². The van der Waals surface area contributed by atoms with E-state index in [4.69, 9.17) is 27.9 Å². The van der Waals surface area contributed by atoms with Crippen LogP contribution < -0.4 is 4.74 Å². The molecule has 2 nitrogen and oxygen atoms in total. The molecule has 0 N–H and O–H groups in total. The Morgan fingerprint density at radius 2 is 1.70 bits per heavy atom. The Kier molecular flexibility index (Phi) is 3.66. The number of para-hydroxylation sites is 1. The molecule has 2 aromatic carbocycles. The summed E-state index contributed by atoms with van der Waals surface area (Å²) in [7, 11) is 0. The van der Waals surface area contributed by atoms with Crippen LogP contribution in [0.3, 0.4) is 0 Å². The Bertz CT molecular complexity index is 795. The molecule has 0 aliphatic heterocycles. The van der Waals surface area contributed by atoms with Gasteiger partial charge in [-0.25, -0.2) is 4.79 Å². The standard InChI is InChI=1S/C15H8Cl2O2S/c16-10-6-2-3-7-11(10)19-15(18)14-13(17)9-5-1-4-8-12(9)20-14/h1-8H. The van der Waals surface area contributed by atoms with Crippen LogP contribution in [0.15, 0.2) is 48.5 Å². The lowest BCUT2D eigenvalue weighted by molar-refractivity contribution is 0.0740. The summed E-state index contributed by atoms with van der Waals surface area (Å²) >= 11 is 13.5. The minimum atomic E-state index is -0.496. The number of halogens is 2. The van der Waals surface area contributed by atoms with Crippen molar-refractivity contribution >= 4 is 50.6 Å². The van der Waals surface area contributed by atoms with E-state index in [0.717, 1.165) is 10.1 Å². The molecule has 1 aromatic heterocycles. The number of fused-ring (bicyclic) bond motifs is 1. The molecule has 1 heterocycles. The Morgan fingerprint density at radius 3 is 2.45 bits per heavy atom. The van der Waals surface area contributed by atoms with Gasteiger partial charge in [-0.05, 0) is 18.2 Å². The van der Waals surface area contributed by atoms with Crippen LogP contribution in [0, 0.1) is 0 Å². The summed E-state index contributed by atoms with van der Waals surface area (Å²) < 4.78 is 6.24. The molecule has 5 heteroatoms. The molecular weight excluding hydrogens is 315 g/mol. The van der Waals surface area contributed by atoms with Crippen molar-refractivity contribution in [1.29, 1.82) is 0 Å². The molecule has 3 aromatic rings. The number of thiophene rings is 1. The van der Waals surface area contributed by atoms with E-state index in [9.17, 15) is 4.79 Å². The van der Waals surface area contributed by atoms with Crippen LogP contribution in [-0.2, 0) is 0 Å². The van der Waals surface area contributed by atoms with Gasteiger partial charge >= 0.3 is 5.97 Å². The summed E-state index contributed by atoms with van der Waals surface area (Å²) in [5.41, 5.74) is 0. The molecule has 0 aliphatic carbocycles.